The molecule has 0 saturated carbocycles. The number of carbonyl (C=O) groups is 1. The van der Waals surface area contributed by atoms with E-state index >= 15 is 0 Å². The minimum atomic E-state index is -0.451. The monoisotopic (exact) mass is 308 g/mol. The highest BCUT2D eigenvalue weighted by atomic mass is 32.2. The van der Waals surface area contributed by atoms with E-state index in [9.17, 15) is 14.9 Å². The summed E-state index contributed by atoms with van der Waals surface area (Å²) in [5.41, 5.74) is 0.788. The topological polar surface area (TPSA) is 72.2 Å². The molecule has 0 radical (unpaired) electrons. The molecule has 1 amide bonds. The van der Waals surface area contributed by atoms with Crippen LogP contribution in [0.3, 0.4) is 0 Å². The van der Waals surface area contributed by atoms with Gasteiger partial charge in [-0.15, -0.1) is 0 Å². The number of hydrogen-bond acceptors (Lipinski definition) is 4. The van der Waals surface area contributed by atoms with Crippen molar-refractivity contribution in [2.45, 2.75) is 25.5 Å². The fraction of sp³-hybridized carbons (Fsp3) is 0.400. The fourth-order valence-corrected chi connectivity index (χ4v) is 2.29. The van der Waals surface area contributed by atoms with E-state index in [0.717, 1.165) is 11.3 Å². The Labute approximate surface area is 129 Å². The van der Waals surface area contributed by atoms with Crippen LogP contribution in [0.15, 0.2) is 30.3 Å². The zero-order chi connectivity index (χ0) is 15.9. The van der Waals surface area contributed by atoms with Gasteiger partial charge in [-0.2, -0.15) is 11.8 Å². The number of amides is 1. The molecule has 0 aromatic heterocycles. The molecule has 0 aliphatic rings. The third-order valence-corrected chi connectivity index (χ3v) is 3.74. The number of nitro groups is 1. The van der Waals surface area contributed by atoms with Gasteiger partial charge in [0.2, 0.25) is 5.91 Å². The summed E-state index contributed by atoms with van der Waals surface area (Å²) in [6.07, 6.45) is 3.07. The van der Waals surface area contributed by atoms with Crippen LogP contribution in [0.4, 0.5) is 5.69 Å². The van der Waals surface area contributed by atoms with E-state index in [1.165, 1.54) is 18.2 Å². The lowest BCUT2D eigenvalue weighted by atomic mass is 10.2. The van der Waals surface area contributed by atoms with E-state index in [0.29, 0.717) is 6.54 Å². The molecule has 1 N–H and O–H groups in total. The Morgan fingerprint density at radius 3 is 2.48 bits per heavy atom. The average molecular weight is 308 g/mol. The summed E-state index contributed by atoms with van der Waals surface area (Å²) in [6.45, 7) is 7.02. The van der Waals surface area contributed by atoms with Crippen LogP contribution in [0.2, 0.25) is 0 Å². The molecule has 1 aromatic rings. The van der Waals surface area contributed by atoms with Crippen molar-refractivity contribution in [1.29, 1.82) is 0 Å². The highest BCUT2D eigenvalue weighted by Crippen LogP contribution is 2.21. The normalized spacial score (nSPS) is 11.6. The molecule has 0 atom stereocenters. The molecule has 114 valence electrons. The number of non-ortho nitro benzene ring substituents is 1. The van der Waals surface area contributed by atoms with Crippen LogP contribution in [0.1, 0.15) is 26.3 Å². The van der Waals surface area contributed by atoms with Crippen molar-refractivity contribution < 1.29 is 9.72 Å². The van der Waals surface area contributed by atoms with Gasteiger partial charge in [0.25, 0.3) is 5.69 Å². The molecule has 0 saturated heterocycles. The summed E-state index contributed by atoms with van der Waals surface area (Å²) in [6, 6.07) is 6.05. The van der Waals surface area contributed by atoms with Crippen LogP contribution in [0.25, 0.3) is 6.08 Å². The predicted molar refractivity (Wildman–Crippen MR) is 87.4 cm³/mol. The Kier molecular flexibility index (Phi) is 6.42. The maximum Gasteiger partial charge on any atom is 0.269 e. The van der Waals surface area contributed by atoms with Crippen LogP contribution in [-0.4, -0.2) is 27.9 Å². The number of nitrogens with zero attached hydrogens (tertiary/aromatic N) is 1. The van der Waals surface area contributed by atoms with Gasteiger partial charge < -0.3 is 5.32 Å². The number of nitrogens with one attached hydrogen (secondary N) is 1. The first-order chi connectivity index (χ1) is 9.78. The fourth-order valence-electron chi connectivity index (χ4n) is 1.47. The van der Waals surface area contributed by atoms with Crippen molar-refractivity contribution in [2.24, 2.45) is 0 Å². The lowest BCUT2D eigenvalue weighted by molar-refractivity contribution is -0.384. The number of hydrogen-bond donors (Lipinski definition) is 1. The van der Waals surface area contributed by atoms with Crippen LogP contribution in [-0.2, 0) is 4.79 Å². The third kappa shape index (κ3) is 7.51. The van der Waals surface area contributed by atoms with E-state index in [2.05, 4.69) is 26.1 Å². The Balaban J connectivity index is 2.38. The summed E-state index contributed by atoms with van der Waals surface area (Å²) in [5, 5.41) is 13.3. The van der Waals surface area contributed by atoms with Crippen LogP contribution < -0.4 is 5.32 Å². The summed E-state index contributed by atoms with van der Waals surface area (Å²) in [7, 11) is 0. The SMILES string of the molecule is CC(C)(C)SCCNC(=O)C=Cc1ccc([N+](=O)[O-])cc1. The lowest BCUT2D eigenvalue weighted by Crippen LogP contribution is -2.25. The maximum atomic E-state index is 11.6. The van der Waals surface area contributed by atoms with E-state index < -0.39 is 4.92 Å². The van der Waals surface area contributed by atoms with Gasteiger partial charge in [-0.25, -0.2) is 0 Å². The van der Waals surface area contributed by atoms with Crippen molar-refractivity contribution in [3.8, 4) is 0 Å². The summed E-state index contributed by atoms with van der Waals surface area (Å²) in [4.78, 5) is 21.7. The molecule has 1 rings (SSSR count). The molecule has 0 aliphatic carbocycles. The van der Waals surface area contributed by atoms with Crippen molar-refractivity contribution in [3.05, 3.63) is 46.0 Å². The second-order valence-corrected chi connectivity index (χ2v) is 7.36. The summed E-state index contributed by atoms with van der Waals surface area (Å²) in [5.74, 6) is 0.698. The predicted octanol–water partition coefficient (Wildman–Crippen LogP) is 3.26. The maximum absolute atomic E-state index is 11.6. The Bertz CT molecular complexity index is 519. The number of carbonyl (C=O) groups excluding carboxylic acids is 1. The second kappa shape index (κ2) is 7.83. The standard InChI is InChI=1S/C15H20N2O3S/c1-15(2,3)21-11-10-16-14(18)9-6-12-4-7-13(8-5-12)17(19)20/h4-9H,10-11H2,1-3H3,(H,16,18). The molecule has 0 fully saturated rings. The number of thioether (sulfide) groups is 1. The number of nitro benzene ring substituents is 1. The van der Waals surface area contributed by atoms with Crippen LogP contribution >= 0.6 is 11.8 Å². The molecule has 0 spiro atoms. The largest absolute Gasteiger partial charge is 0.352 e. The number of benzene rings is 1. The van der Waals surface area contributed by atoms with Crippen molar-refractivity contribution in [3.63, 3.8) is 0 Å². The highest BCUT2D eigenvalue weighted by molar-refractivity contribution is 8.00. The molecule has 5 nitrogen and oxygen atoms in total. The smallest absolute Gasteiger partial charge is 0.269 e. The summed E-state index contributed by atoms with van der Waals surface area (Å²) >= 11 is 1.79. The summed E-state index contributed by atoms with van der Waals surface area (Å²) < 4.78 is 0.194. The van der Waals surface area contributed by atoms with Gasteiger partial charge in [-0.3, -0.25) is 14.9 Å². The first kappa shape index (κ1) is 17.2. The van der Waals surface area contributed by atoms with Gasteiger partial charge >= 0.3 is 0 Å². The van der Waals surface area contributed by atoms with Crippen molar-refractivity contribution in [2.75, 3.05) is 12.3 Å². The Morgan fingerprint density at radius 2 is 1.95 bits per heavy atom. The zero-order valence-electron chi connectivity index (χ0n) is 12.5. The Morgan fingerprint density at radius 1 is 1.33 bits per heavy atom. The van der Waals surface area contributed by atoms with Gasteiger partial charge in [0.05, 0.1) is 4.92 Å². The quantitative estimate of drug-likeness (QED) is 0.379. The van der Waals surface area contributed by atoms with Crippen LogP contribution in [0.5, 0.6) is 0 Å². The number of rotatable bonds is 6. The molecular formula is C15H20N2O3S. The lowest BCUT2D eigenvalue weighted by Gasteiger charge is -2.17. The molecular weight excluding hydrogens is 288 g/mol. The van der Waals surface area contributed by atoms with E-state index in [4.69, 9.17) is 0 Å². The third-order valence-electron chi connectivity index (χ3n) is 2.47. The molecule has 0 unspecified atom stereocenters. The van der Waals surface area contributed by atoms with E-state index in [1.807, 2.05) is 0 Å². The first-order valence-corrected chi connectivity index (χ1v) is 7.61. The van der Waals surface area contributed by atoms with Gasteiger partial charge in [0, 0.05) is 35.3 Å². The highest BCUT2D eigenvalue weighted by Gasteiger charge is 2.09. The zero-order valence-corrected chi connectivity index (χ0v) is 13.3. The first-order valence-electron chi connectivity index (χ1n) is 6.62. The minimum Gasteiger partial charge on any atom is -0.352 e. The Hall–Kier alpha value is -1.82. The molecule has 0 bridgehead atoms. The second-order valence-electron chi connectivity index (χ2n) is 5.43. The minimum absolute atomic E-state index is 0.0378. The van der Waals surface area contributed by atoms with Gasteiger partial charge in [-0.1, -0.05) is 20.8 Å². The van der Waals surface area contributed by atoms with E-state index in [1.54, 1.807) is 30.0 Å². The van der Waals surface area contributed by atoms with E-state index in [-0.39, 0.29) is 16.3 Å². The molecule has 1 aromatic carbocycles. The molecule has 6 heteroatoms. The van der Waals surface area contributed by atoms with Gasteiger partial charge in [-0.05, 0) is 23.8 Å². The molecule has 21 heavy (non-hydrogen) atoms. The molecule has 0 aliphatic heterocycles. The average Bonchev–Trinajstić information content (AvgIpc) is 2.41. The van der Waals surface area contributed by atoms with Gasteiger partial charge in [0.15, 0.2) is 0 Å². The van der Waals surface area contributed by atoms with Crippen molar-refractivity contribution >= 4 is 29.4 Å². The van der Waals surface area contributed by atoms with Crippen molar-refractivity contribution in [1.82, 2.24) is 5.32 Å². The van der Waals surface area contributed by atoms with Gasteiger partial charge in [0.1, 0.15) is 0 Å². The molecule has 0 heterocycles. The van der Waals surface area contributed by atoms with Crippen LogP contribution in [0, 0.1) is 10.1 Å².